The number of rotatable bonds is 4. The molecule has 0 aliphatic carbocycles. The molecule has 0 radical (unpaired) electrons. The Morgan fingerprint density at radius 2 is 1.95 bits per heavy atom. The summed E-state index contributed by atoms with van der Waals surface area (Å²) in [6, 6.07) is 7.62. The molecule has 0 amide bonds. The van der Waals surface area contributed by atoms with E-state index < -0.39 is 11.3 Å². The highest BCUT2D eigenvalue weighted by Crippen LogP contribution is 2.39. The molecule has 3 nitrogen and oxygen atoms in total. The molecule has 2 rings (SSSR count). The van der Waals surface area contributed by atoms with Gasteiger partial charge in [0.05, 0.1) is 15.6 Å². The number of aromatic nitrogens is 1. The summed E-state index contributed by atoms with van der Waals surface area (Å²) < 4.78 is 0.983. The fourth-order valence-electron chi connectivity index (χ4n) is 1.80. The van der Waals surface area contributed by atoms with Gasteiger partial charge in [0.25, 0.3) is 0 Å². The number of fused-ring (bicyclic) bond motifs is 1. The van der Waals surface area contributed by atoms with Gasteiger partial charge in [-0.05, 0) is 19.1 Å². The van der Waals surface area contributed by atoms with Crippen LogP contribution in [0.3, 0.4) is 0 Å². The topological polar surface area (TPSA) is 47.0 Å². The van der Waals surface area contributed by atoms with Gasteiger partial charge in [-0.2, -0.15) is 0 Å². The van der Waals surface area contributed by atoms with Crippen molar-refractivity contribution < 1.29 is 9.59 Å². The molecular weight excluding hydrogens is 298 g/mol. The predicted octanol–water partition coefficient (Wildman–Crippen LogP) is 3.10. The highest BCUT2D eigenvalue weighted by molar-refractivity contribution is 7.97. The molecular formula is C13H13NO2S3. The fourth-order valence-corrected chi connectivity index (χ4v) is 3.64. The van der Waals surface area contributed by atoms with Crippen molar-refractivity contribution in [3.63, 3.8) is 0 Å². The Hall–Kier alpha value is -0.850. The standard InChI is InChI=1S/C13H13NO2S3/c1-7(10(15)17)13(2,12(16)18)11-14-8-5-3-4-6-9(8)19-11/h3-7H,1-2H3,(H,15,17)(H,16,18). The van der Waals surface area contributed by atoms with Crippen molar-refractivity contribution in [3.05, 3.63) is 29.3 Å². The Morgan fingerprint density at radius 3 is 2.47 bits per heavy atom. The summed E-state index contributed by atoms with van der Waals surface area (Å²) in [5, 5.41) is -0.116. The molecule has 0 saturated carbocycles. The molecule has 2 aromatic rings. The molecule has 2 unspecified atom stereocenters. The number of thiazole rings is 1. The molecule has 6 heteroatoms. The van der Waals surface area contributed by atoms with E-state index in [2.05, 4.69) is 30.2 Å². The van der Waals surface area contributed by atoms with Crippen molar-refractivity contribution in [2.24, 2.45) is 5.92 Å². The van der Waals surface area contributed by atoms with Crippen LogP contribution in [0.2, 0.25) is 0 Å². The van der Waals surface area contributed by atoms with E-state index in [0.717, 1.165) is 10.2 Å². The zero-order chi connectivity index (χ0) is 14.2. The number of nitrogens with zero attached hydrogens (tertiary/aromatic N) is 1. The lowest BCUT2D eigenvalue weighted by Gasteiger charge is -2.28. The summed E-state index contributed by atoms with van der Waals surface area (Å²) in [4.78, 5) is 27.9. The molecule has 1 heterocycles. The van der Waals surface area contributed by atoms with Gasteiger partial charge in [-0.3, -0.25) is 9.59 Å². The predicted molar refractivity (Wildman–Crippen MR) is 84.1 cm³/mol. The minimum absolute atomic E-state index is 0.343. The average molecular weight is 311 g/mol. The number of para-hydroxylation sites is 1. The van der Waals surface area contributed by atoms with Gasteiger partial charge in [-0.1, -0.05) is 19.1 Å². The van der Waals surface area contributed by atoms with Gasteiger partial charge in [0.15, 0.2) is 10.2 Å². The molecule has 1 aromatic heterocycles. The normalized spacial score (nSPS) is 16.0. The van der Waals surface area contributed by atoms with Gasteiger partial charge in [-0.25, -0.2) is 4.98 Å². The molecule has 2 atom stereocenters. The van der Waals surface area contributed by atoms with E-state index in [1.807, 2.05) is 24.3 Å². The first-order valence-corrected chi connectivity index (χ1v) is 7.40. The molecule has 19 heavy (non-hydrogen) atoms. The molecule has 100 valence electrons. The number of benzene rings is 1. The Labute approximate surface area is 126 Å². The van der Waals surface area contributed by atoms with Gasteiger partial charge >= 0.3 is 0 Å². The van der Waals surface area contributed by atoms with Crippen LogP contribution < -0.4 is 0 Å². The first-order valence-electron chi connectivity index (χ1n) is 5.69. The van der Waals surface area contributed by atoms with Crippen LogP contribution in [0.15, 0.2) is 24.3 Å². The number of carbonyl (C=O) groups excluding carboxylic acids is 2. The quantitative estimate of drug-likeness (QED) is 0.853. The lowest BCUT2D eigenvalue weighted by Crippen LogP contribution is -2.39. The monoisotopic (exact) mass is 311 g/mol. The van der Waals surface area contributed by atoms with Crippen molar-refractivity contribution in [2.75, 3.05) is 0 Å². The van der Waals surface area contributed by atoms with Crippen molar-refractivity contribution in [2.45, 2.75) is 19.3 Å². The van der Waals surface area contributed by atoms with Crippen molar-refractivity contribution >= 4 is 57.0 Å². The zero-order valence-corrected chi connectivity index (χ0v) is 13.1. The van der Waals surface area contributed by atoms with E-state index in [4.69, 9.17) is 0 Å². The first-order chi connectivity index (χ1) is 8.87. The number of hydrogen-bond acceptors (Lipinski definition) is 4. The molecule has 0 saturated heterocycles. The van der Waals surface area contributed by atoms with Crippen molar-refractivity contribution in [3.8, 4) is 0 Å². The highest BCUT2D eigenvalue weighted by Gasteiger charge is 2.44. The highest BCUT2D eigenvalue weighted by atomic mass is 32.1. The zero-order valence-electron chi connectivity index (χ0n) is 10.5. The molecule has 0 spiro atoms. The summed E-state index contributed by atoms with van der Waals surface area (Å²) in [6.45, 7) is 3.37. The molecule has 0 bridgehead atoms. The SMILES string of the molecule is CC(C(=O)S)C(C)(C(=O)S)c1nc2ccccc2s1. The first kappa shape index (κ1) is 14.6. The number of thiol groups is 2. The van der Waals surface area contributed by atoms with Gasteiger partial charge in [0.2, 0.25) is 0 Å². The molecule has 0 aliphatic rings. The van der Waals surface area contributed by atoms with E-state index in [9.17, 15) is 9.59 Å². The van der Waals surface area contributed by atoms with E-state index in [1.165, 1.54) is 11.3 Å². The maximum Gasteiger partial charge on any atom is 0.199 e. The third-order valence-corrected chi connectivity index (χ3v) is 5.54. The number of hydrogen-bond donors (Lipinski definition) is 2. The fraction of sp³-hybridized carbons (Fsp3) is 0.308. The van der Waals surface area contributed by atoms with Gasteiger partial charge < -0.3 is 0 Å². The third kappa shape index (κ3) is 2.44. The number of carbonyl (C=O) groups is 2. The molecule has 1 aromatic carbocycles. The second-order valence-corrected chi connectivity index (χ2v) is 6.43. The van der Waals surface area contributed by atoms with Crippen LogP contribution in [0.4, 0.5) is 0 Å². The van der Waals surface area contributed by atoms with E-state index in [0.29, 0.717) is 5.01 Å². The van der Waals surface area contributed by atoms with E-state index >= 15 is 0 Å². The summed E-state index contributed by atoms with van der Waals surface area (Å²) in [6.07, 6.45) is 0. The summed E-state index contributed by atoms with van der Waals surface area (Å²) in [7, 11) is 0. The van der Waals surface area contributed by atoms with Gasteiger partial charge in [-0.15, -0.1) is 36.6 Å². The van der Waals surface area contributed by atoms with Crippen LogP contribution in [0.1, 0.15) is 18.9 Å². The van der Waals surface area contributed by atoms with Gasteiger partial charge in [0.1, 0.15) is 5.01 Å². The lowest BCUT2D eigenvalue weighted by atomic mass is 9.80. The van der Waals surface area contributed by atoms with Crippen LogP contribution in [0.25, 0.3) is 10.2 Å². The van der Waals surface area contributed by atoms with Crippen LogP contribution in [0, 0.1) is 5.92 Å². The molecule has 0 aliphatic heterocycles. The van der Waals surface area contributed by atoms with E-state index in [1.54, 1.807) is 13.8 Å². The van der Waals surface area contributed by atoms with Crippen LogP contribution >= 0.6 is 36.6 Å². The smallest absolute Gasteiger partial charge is 0.199 e. The second-order valence-electron chi connectivity index (χ2n) is 4.55. The Morgan fingerprint density at radius 1 is 1.32 bits per heavy atom. The summed E-state index contributed by atoms with van der Waals surface area (Å²) in [5.41, 5.74) is -0.229. The van der Waals surface area contributed by atoms with Crippen LogP contribution in [-0.2, 0) is 15.0 Å². The maximum atomic E-state index is 11.9. The summed E-state index contributed by atoms with van der Waals surface area (Å²) >= 11 is 9.20. The van der Waals surface area contributed by atoms with Crippen LogP contribution in [-0.4, -0.2) is 15.2 Å². The maximum absolute atomic E-state index is 11.9. The molecule has 0 fully saturated rings. The summed E-state index contributed by atoms with van der Waals surface area (Å²) in [5.74, 6) is -0.582. The Bertz CT molecular complexity index is 619. The van der Waals surface area contributed by atoms with Gasteiger partial charge in [0, 0.05) is 5.92 Å². The minimum atomic E-state index is -1.05. The second kappa shape index (κ2) is 5.26. The average Bonchev–Trinajstić information content (AvgIpc) is 2.80. The Kier molecular flexibility index (Phi) is 4.03. The van der Waals surface area contributed by atoms with Crippen LogP contribution in [0.5, 0.6) is 0 Å². The largest absolute Gasteiger partial charge is 0.287 e. The lowest BCUT2D eigenvalue weighted by molar-refractivity contribution is -0.123. The minimum Gasteiger partial charge on any atom is -0.287 e. The van der Waals surface area contributed by atoms with E-state index in [-0.39, 0.29) is 10.2 Å². The van der Waals surface area contributed by atoms with Crippen molar-refractivity contribution in [1.29, 1.82) is 0 Å². The Balaban J connectivity index is 2.61. The third-order valence-electron chi connectivity index (χ3n) is 3.42. The van der Waals surface area contributed by atoms with Crippen molar-refractivity contribution in [1.82, 2.24) is 4.98 Å². The molecule has 0 N–H and O–H groups in total.